The lowest BCUT2D eigenvalue weighted by atomic mass is 10.1. The predicted octanol–water partition coefficient (Wildman–Crippen LogP) is 2.28. The van der Waals surface area contributed by atoms with Crippen LogP contribution in [-0.2, 0) is 16.1 Å². The van der Waals surface area contributed by atoms with E-state index in [1.165, 1.54) is 30.7 Å². The van der Waals surface area contributed by atoms with Crippen LogP contribution in [0.15, 0.2) is 42.9 Å². The Morgan fingerprint density at radius 2 is 1.86 bits per heavy atom. The molecule has 1 saturated heterocycles. The second kappa shape index (κ2) is 9.56. The first-order valence-corrected chi connectivity index (χ1v) is 9.65. The third kappa shape index (κ3) is 5.80. The summed E-state index contributed by atoms with van der Waals surface area (Å²) in [7, 11) is 0. The fourth-order valence-electron chi connectivity index (χ4n) is 3.40. The van der Waals surface area contributed by atoms with Crippen molar-refractivity contribution in [1.29, 1.82) is 0 Å². The van der Waals surface area contributed by atoms with Crippen LogP contribution in [0.25, 0.3) is 0 Å². The summed E-state index contributed by atoms with van der Waals surface area (Å²) in [5, 5.41) is 0. The molecular formula is C21H25FN4O3. The number of benzene rings is 1. The Bertz CT molecular complexity index is 822. The van der Waals surface area contributed by atoms with Crippen LogP contribution in [0.1, 0.15) is 36.3 Å². The average molecular weight is 400 g/mol. The molecule has 1 aromatic carbocycles. The first-order valence-electron chi connectivity index (χ1n) is 9.65. The summed E-state index contributed by atoms with van der Waals surface area (Å²) in [5.41, 5.74) is 0.973. The highest BCUT2D eigenvalue weighted by molar-refractivity contribution is 5.92. The summed E-state index contributed by atoms with van der Waals surface area (Å²) >= 11 is 0. The average Bonchev–Trinajstić information content (AvgIpc) is 2.71. The van der Waals surface area contributed by atoms with Gasteiger partial charge in [-0.3, -0.25) is 14.6 Å². The van der Waals surface area contributed by atoms with Crippen LogP contribution in [-0.4, -0.2) is 63.4 Å². The van der Waals surface area contributed by atoms with Gasteiger partial charge in [0.25, 0.3) is 5.91 Å². The highest BCUT2D eigenvalue weighted by Gasteiger charge is 2.27. The molecule has 2 unspecified atom stereocenters. The van der Waals surface area contributed by atoms with Crippen molar-refractivity contribution in [3.63, 3.8) is 0 Å². The molecule has 29 heavy (non-hydrogen) atoms. The number of halogens is 1. The number of carbonyl (C=O) groups is 2. The van der Waals surface area contributed by atoms with Gasteiger partial charge >= 0.3 is 0 Å². The smallest absolute Gasteiger partial charge is 0.274 e. The maximum atomic E-state index is 13.2. The number of ether oxygens (including phenoxy) is 1. The van der Waals surface area contributed by atoms with E-state index in [1.54, 1.807) is 21.9 Å². The van der Waals surface area contributed by atoms with Crippen LogP contribution in [0.3, 0.4) is 0 Å². The Labute approximate surface area is 169 Å². The van der Waals surface area contributed by atoms with Crippen LogP contribution < -0.4 is 0 Å². The van der Waals surface area contributed by atoms with E-state index in [4.69, 9.17) is 4.74 Å². The van der Waals surface area contributed by atoms with E-state index in [9.17, 15) is 14.0 Å². The first-order chi connectivity index (χ1) is 13.9. The maximum absolute atomic E-state index is 13.2. The third-order valence-corrected chi connectivity index (χ3v) is 4.72. The lowest BCUT2D eigenvalue weighted by Crippen LogP contribution is -2.49. The van der Waals surface area contributed by atoms with Gasteiger partial charge in [0.1, 0.15) is 11.5 Å². The molecule has 2 atom stereocenters. The Morgan fingerprint density at radius 3 is 2.48 bits per heavy atom. The monoisotopic (exact) mass is 400 g/mol. The van der Waals surface area contributed by atoms with Crippen molar-refractivity contribution < 1.29 is 18.7 Å². The van der Waals surface area contributed by atoms with Crippen LogP contribution in [0.4, 0.5) is 4.39 Å². The molecule has 3 rings (SSSR count). The van der Waals surface area contributed by atoms with E-state index in [2.05, 4.69) is 9.97 Å². The zero-order valence-electron chi connectivity index (χ0n) is 16.6. The maximum Gasteiger partial charge on any atom is 0.274 e. The van der Waals surface area contributed by atoms with Gasteiger partial charge in [0.2, 0.25) is 5.91 Å². The van der Waals surface area contributed by atoms with Crippen LogP contribution in [0, 0.1) is 5.82 Å². The van der Waals surface area contributed by atoms with Crippen molar-refractivity contribution in [3.8, 4) is 0 Å². The third-order valence-electron chi connectivity index (χ3n) is 4.72. The molecule has 0 saturated carbocycles. The lowest BCUT2D eigenvalue weighted by molar-refractivity contribution is -0.143. The Morgan fingerprint density at radius 1 is 1.17 bits per heavy atom. The molecule has 0 bridgehead atoms. The molecule has 0 aliphatic carbocycles. The molecule has 0 spiro atoms. The predicted molar refractivity (Wildman–Crippen MR) is 104 cm³/mol. The van der Waals surface area contributed by atoms with Gasteiger partial charge < -0.3 is 14.5 Å². The highest BCUT2D eigenvalue weighted by Crippen LogP contribution is 2.14. The van der Waals surface area contributed by atoms with Gasteiger partial charge in [-0.05, 0) is 31.5 Å². The van der Waals surface area contributed by atoms with Gasteiger partial charge in [-0.25, -0.2) is 9.37 Å². The van der Waals surface area contributed by atoms with Gasteiger partial charge in [-0.1, -0.05) is 12.1 Å². The number of hydrogen-bond donors (Lipinski definition) is 0. The summed E-state index contributed by atoms with van der Waals surface area (Å²) < 4.78 is 18.9. The highest BCUT2D eigenvalue weighted by atomic mass is 19.1. The molecule has 2 aromatic rings. The van der Waals surface area contributed by atoms with Crippen molar-refractivity contribution in [2.45, 2.75) is 39.0 Å². The van der Waals surface area contributed by atoms with E-state index in [0.29, 0.717) is 13.1 Å². The molecular weight excluding hydrogens is 375 g/mol. The van der Waals surface area contributed by atoms with E-state index in [-0.39, 0.29) is 55.0 Å². The Balaban J connectivity index is 1.69. The number of amides is 2. The normalized spacial score (nSPS) is 19.1. The molecule has 1 aromatic heterocycles. The number of rotatable bonds is 6. The molecule has 1 aliphatic rings. The van der Waals surface area contributed by atoms with E-state index in [0.717, 1.165) is 5.56 Å². The first kappa shape index (κ1) is 20.9. The molecule has 2 amide bonds. The summed E-state index contributed by atoms with van der Waals surface area (Å²) in [6.45, 7) is 5.44. The minimum absolute atomic E-state index is 0.0146. The van der Waals surface area contributed by atoms with Gasteiger partial charge in [-0.15, -0.1) is 0 Å². The Hall–Kier alpha value is -2.87. The molecule has 154 valence electrons. The molecule has 8 heteroatoms. The SMILES string of the molecule is CC1CN(C(=O)CCN(Cc2ccc(F)cc2)C(=O)c2cnccn2)CC(C)O1. The van der Waals surface area contributed by atoms with Crippen molar-refractivity contribution in [3.05, 3.63) is 59.9 Å². The zero-order chi connectivity index (χ0) is 20.8. The van der Waals surface area contributed by atoms with E-state index < -0.39 is 0 Å². The minimum atomic E-state index is -0.341. The number of nitrogens with zero attached hydrogens (tertiary/aromatic N) is 4. The summed E-state index contributed by atoms with van der Waals surface area (Å²) in [6, 6.07) is 5.95. The largest absolute Gasteiger partial charge is 0.372 e. The molecule has 2 heterocycles. The summed E-state index contributed by atoms with van der Waals surface area (Å²) in [4.78, 5) is 37.0. The van der Waals surface area contributed by atoms with E-state index >= 15 is 0 Å². The zero-order valence-corrected chi connectivity index (χ0v) is 16.6. The van der Waals surface area contributed by atoms with Gasteiger partial charge in [0.05, 0.1) is 18.4 Å². The Kier molecular flexibility index (Phi) is 6.87. The molecule has 0 N–H and O–H groups in total. The number of morpholine rings is 1. The van der Waals surface area contributed by atoms with Crippen molar-refractivity contribution in [1.82, 2.24) is 19.8 Å². The fraction of sp³-hybridized carbons (Fsp3) is 0.429. The number of aromatic nitrogens is 2. The van der Waals surface area contributed by atoms with Crippen molar-refractivity contribution in [2.75, 3.05) is 19.6 Å². The second-order valence-corrected chi connectivity index (χ2v) is 7.25. The number of hydrogen-bond acceptors (Lipinski definition) is 5. The van der Waals surface area contributed by atoms with Crippen molar-refractivity contribution >= 4 is 11.8 Å². The van der Waals surface area contributed by atoms with Gasteiger partial charge in [0, 0.05) is 45.0 Å². The summed E-state index contributed by atoms with van der Waals surface area (Å²) in [6.07, 6.45) is 4.49. The molecule has 0 radical (unpaired) electrons. The molecule has 1 aliphatic heterocycles. The summed E-state index contributed by atoms with van der Waals surface area (Å²) in [5.74, 6) is -0.687. The van der Waals surface area contributed by atoms with Crippen molar-refractivity contribution in [2.24, 2.45) is 0 Å². The second-order valence-electron chi connectivity index (χ2n) is 7.25. The van der Waals surface area contributed by atoms with Crippen LogP contribution in [0.2, 0.25) is 0 Å². The van der Waals surface area contributed by atoms with E-state index in [1.807, 2.05) is 13.8 Å². The molecule has 7 nitrogen and oxygen atoms in total. The standard InChI is InChI=1S/C21H25FN4O3/c1-15-12-26(13-16(2)29-15)20(27)7-10-25(14-17-3-5-18(22)6-4-17)21(28)19-11-23-8-9-24-19/h3-6,8-9,11,15-16H,7,10,12-14H2,1-2H3. The number of carbonyl (C=O) groups excluding carboxylic acids is 2. The van der Waals surface area contributed by atoms with Gasteiger partial charge in [0.15, 0.2) is 0 Å². The lowest BCUT2D eigenvalue weighted by Gasteiger charge is -2.35. The topological polar surface area (TPSA) is 75.6 Å². The quantitative estimate of drug-likeness (QED) is 0.744. The molecule has 1 fully saturated rings. The van der Waals surface area contributed by atoms with Gasteiger partial charge in [-0.2, -0.15) is 0 Å². The van der Waals surface area contributed by atoms with Crippen LogP contribution in [0.5, 0.6) is 0 Å². The van der Waals surface area contributed by atoms with Crippen LogP contribution >= 0.6 is 0 Å². The fourth-order valence-corrected chi connectivity index (χ4v) is 3.40. The minimum Gasteiger partial charge on any atom is -0.372 e.